The van der Waals surface area contributed by atoms with Gasteiger partial charge in [-0.1, -0.05) is 0 Å². The molecule has 2 N–H and O–H groups in total. The molecule has 1 aromatic carbocycles. The lowest BCUT2D eigenvalue weighted by Gasteiger charge is -2.20. The second-order valence-electron chi connectivity index (χ2n) is 6.28. The van der Waals surface area contributed by atoms with E-state index < -0.39 is 0 Å². The van der Waals surface area contributed by atoms with E-state index in [4.69, 9.17) is 15.2 Å². The summed E-state index contributed by atoms with van der Waals surface area (Å²) in [6.45, 7) is 2.66. The molecule has 0 saturated carbocycles. The molecule has 0 fully saturated rings. The minimum atomic E-state index is -0.174. The Hall–Kier alpha value is -3.09. The normalized spacial score (nSPS) is 10.4. The number of nitrogens with two attached hydrogens (primary N) is 1. The van der Waals surface area contributed by atoms with Gasteiger partial charge in [0.05, 0.1) is 13.2 Å². The van der Waals surface area contributed by atoms with Crippen LogP contribution in [0.3, 0.4) is 0 Å². The summed E-state index contributed by atoms with van der Waals surface area (Å²) in [6.07, 6.45) is 4.43. The molecule has 1 amide bonds. The van der Waals surface area contributed by atoms with Crippen LogP contribution < -0.4 is 15.4 Å². The first-order valence-electron chi connectivity index (χ1n) is 9.40. The molecule has 0 bridgehead atoms. The summed E-state index contributed by atoms with van der Waals surface area (Å²) in [4.78, 5) is 29.8. The van der Waals surface area contributed by atoms with E-state index in [2.05, 4.69) is 4.98 Å². The largest absolute Gasteiger partial charge is 0.476 e. The molecule has 1 aromatic heterocycles. The van der Waals surface area contributed by atoms with E-state index >= 15 is 0 Å². The van der Waals surface area contributed by atoms with E-state index in [0.29, 0.717) is 42.5 Å². The number of aromatic nitrogens is 1. The Kier molecular flexibility index (Phi) is 8.27. The van der Waals surface area contributed by atoms with Crippen molar-refractivity contribution in [2.24, 2.45) is 0 Å². The molecule has 150 valence electrons. The molecular weight excluding hydrogens is 358 g/mol. The van der Waals surface area contributed by atoms with Crippen LogP contribution in [0, 0.1) is 0 Å². The van der Waals surface area contributed by atoms with Gasteiger partial charge in [0.2, 0.25) is 5.88 Å². The number of pyridine rings is 1. The zero-order valence-corrected chi connectivity index (χ0v) is 16.4. The molecule has 28 heavy (non-hydrogen) atoms. The van der Waals surface area contributed by atoms with Gasteiger partial charge in [-0.3, -0.25) is 9.59 Å². The molecule has 7 heteroatoms. The lowest BCUT2D eigenvalue weighted by Crippen LogP contribution is -2.27. The van der Waals surface area contributed by atoms with E-state index in [0.717, 1.165) is 19.3 Å². The molecule has 0 unspecified atom stereocenters. The van der Waals surface area contributed by atoms with Gasteiger partial charge in [-0.15, -0.1) is 0 Å². The predicted octanol–water partition coefficient (Wildman–Crippen LogP) is 3.44. The van der Waals surface area contributed by atoms with Crippen LogP contribution in [0.15, 0.2) is 42.6 Å². The van der Waals surface area contributed by atoms with Crippen molar-refractivity contribution in [1.29, 1.82) is 0 Å². The highest BCUT2D eigenvalue weighted by atomic mass is 16.5. The van der Waals surface area contributed by atoms with Crippen molar-refractivity contribution >= 4 is 23.3 Å². The first-order valence-corrected chi connectivity index (χ1v) is 9.40. The zero-order chi connectivity index (χ0) is 20.4. The maximum atomic E-state index is 12.7. The van der Waals surface area contributed by atoms with Gasteiger partial charge >= 0.3 is 5.97 Å². The Morgan fingerprint density at radius 2 is 1.86 bits per heavy atom. The summed E-state index contributed by atoms with van der Waals surface area (Å²) in [5.41, 5.74) is 7.41. The maximum Gasteiger partial charge on any atom is 0.305 e. The van der Waals surface area contributed by atoms with E-state index in [1.165, 1.54) is 4.90 Å². The number of carbonyl (C=O) groups is 2. The fourth-order valence-electron chi connectivity index (χ4n) is 2.63. The van der Waals surface area contributed by atoms with Gasteiger partial charge in [0.15, 0.2) is 0 Å². The standard InChI is InChI=1S/C21H27N3O4/c1-3-27-19(25)9-5-4-6-15-28-20-18(8-7-14-23-20)24(2)21(26)16-10-12-17(22)13-11-16/h7-8,10-14H,3-6,9,15,22H2,1-2H3. The number of rotatable bonds is 10. The summed E-state index contributed by atoms with van der Waals surface area (Å²) < 4.78 is 10.7. The molecule has 0 aliphatic heterocycles. The van der Waals surface area contributed by atoms with Crippen LogP contribution in [0.4, 0.5) is 11.4 Å². The molecule has 0 radical (unpaired) electrons. The van der Waals surface area contributed by atoms with Crippen LogP contribution in [0.1, 0.15) is 43.0 Å². The molecule has 2 rings (SSSR count). The molecule has 0 spiro atoms. The number of amides is 1. The quantitative estimate of drug-likeness (QED) is 0.382. The third kappa shape index (κ3) is 6.26. The first kappa shape index (κ1) is 21.2. The molecule has 7 nitrogen and oxygen atoms in total. The third-order valence-electron chi connectivity index (χ3n) is 4.14. The summed E-state index contributed by atoms with van der Waals surface area (Å²) >= 11 is 0. The number of nitrogens with zero attached hydrogens (tertiary/aromatic N) is 2. The Bertz CT molecular complexity index is 777. The summed E-state index contributed by atoms with van der Waals surface area (Å²) in [5, 5.41) is 0. The molecule has 1 heterocycles. The van der Waals surface area contributed by atoms with Gasteiger partial charge < -0.3 is 20.1 Å². The van der Waals surface area contributed by atoms with Gasteiger partial charge in [0.25, 0.3) is 5.91 Å². The van der Waals surface area contributed by atoms with Crippen LogP contribution >= 0.6 is 0 Å². The molecule has 2 aromatic rings. The van der Waals surface area contributed by atoms with Crippen molar-refractivity contribution in [3.8, 4) is 5.88 Å². The van der Waals surface area contributed by atoms with Crippen molar-refractivity contribution < 1.29 is 19.1 Å². The number of hydrogen-bond acceptors (Lipinski definition) is 6. The van der Waals surface area contributed by atoms with Crippen LogP contribution in [0.5, 0.6) is 5.88 Å². The van der Waals surface area contributed by atoms with Crippen LogP contribution in [-0.2, 0) is 9.53 Å². The average molecular weight is 385 g/mol. The summed E-state index contributed by atoms with van der Waals surface area (Å²) in [6, 6.07) is 10.3. The lowest BCUT2D eigenvalue weighted by atomic mass is 10.2. The zero-order valence-electron chi connectivity index (χ0n) is 16.4. The highest BCUT2D eigenvalue weighted by molar-refractivity contribution is 6.06. The molecule has 0 saturated heterocycles. The number of esters is 1. The van der Waals surface area contributed by atoms with Crippen LogP contribution in [0.2, 0.25) is 0 Å². The predicted molar refractivity (Wildman–Crippen MR) is 108 cm³/mol. The number of benzene rings is 1. The monoisotopic (exact) mass is 385 g/mol. The second-order valence-corrected chi connectivity index (χ2v) is 6.28. The van der Waals surface area contributed by atoms with Gasteiger partial charge in [-0.05, 0) is 62.6 Å². The van der Waals surface area contributed by atoms with Crippen molar-refractivity contribution in [2.75, 3.05) is 30.9 Å². The van der Waals surface area contributed by atoms with Crippen molar-refractivity contribution in [3.05, 3.63) is 48.2 Å². The second kappa shape index (κ2) is 10.9. The van der Waals surface area contributed by atoms with Crippen molar-refractivity contribution in [1.82, 2.24) is 4.98 Å². The summed E-state index contributed by atoms with van der Waals surface area (Å²) in [7, 11) is 1.68. The van der Waals surface area contributed by atoms with Crippen molar-refractivity contribution in [2.45, 2.75) is 32.6 Å². The highest BCUT2D eigenvalue weighted by Gasteiger charge is 2.18. The van der Waals surface area contributed by atoms with Gasteiger partial charge in [0.1, 0.15) is 5.69 Å². The molecular formula is C21H27N3O4. The summed E-state index contributed by atoms with van der Waals surface area (Å²) in [5.74, 6) is 0.0599. The number of unbranched alkanes of at least 4 members (excludes halogenated alkanes) is 2. The Morgan fingerprint density at radius 1 is 1.11 bits per heavy atom. The Morgan fingerprint density at radius 3 is 2.57 bits per heavy atom. The van der Waals surface area contributed by atoms with Crippen LogP contribution in [0.25, 0.3) is 0 Å². The average Bonchev–Trinajstić information content (AvgIpc) is 2.70. The number of carbonyl (C=O) groups excluding carboxylic acids is 2. The third-order valence-corrected chi connectivity index (χ3v) is 4.14. The number of nitrogen functional groups attached to an aromatic ring is 1. The van der Waals surface area contributed by atoms with E-state index in [1.807, 2.05) is 0 Å². The number of hydrogen-bond donors (Lipinski definition) is 1. The maximum absolute atomic E-state index is 12.7. The fraction of sp³-hybridized carbons (Fsp3) is 0.381. The van der Waals surface area contributed by atoms with E-state index in [9.17, 15) is 9.59 Å². The fourth-order valence-corrected chi connectivity index (χ4v) is 2.63. The van der Waals surface area contributed by atoms with E-state index in [-0.39, 0.29) is 11.9 Å². The smallest absolute Gasteiger partial charge is 0.305 e. The lowest BCUT2D eigenvalue weighted by molar-refractivity contribution is -0.143. The molecule has 0 atom stereocenters. The number of anilines is 2. The topological polar surface area (TPSA) is 94.8 Å². The molecule has 0 aliphatic carbocycles. The SMILES string of the molecule is CCOC(=O)CCCCCOc1ncccc1N(C)C(=O)c1ccc(N)cc1. The minimum absolute atomic E-state index is 0.168. The van der Waals surface area contributed by atoms with Gasteiger partial charge in [0, 0.05) is 30.9 Å². The van der Waals surface area contributed by atoms with E-state index in [1.54, 1.807) is 56.6 Å². The Labute approximate surface area is 165 Å². The Balaban J connectivity index is 1.88. The first-order chi connectivity index (χ1) is 13.5. The number of ether oxygens (including phenoxy) is 2. The minimum Gasteiger partial charge on any atom is -0.476 e. The molecule has 0 aliphatic rings. The van der Waals surface area contributed by atoms with Gasteiger partial charge in [-0.2, -0.15) is 0 Å². The van der Waals surface area contributed by atoms with Gasteiger partial charge in [-0.25, -0.2) is 4.98 Å². The highest BCUT2D eigenvalue weighted by Crippen LogP contribution is 2.26. The van der Waals surface area contributed by atoms with Crippen LogP contribution in [-0.4, -0.2) is 37.1 Å². The van der Waals surface area contributed by atoms with Crippen molar-refractivity contribution in [3.63, 3.8) is 0 Å².